The van der Waals surface area contributed by atoms with Gasteiger partial charge in [-0.3, -0.25) is 4.79 Å². The Morgan fingerprint density at radius 2 is 2.00 bits per heavy atom. The molecular formula is C8H18NNa2O2. The predicted octanol–water partition coefficient (Wildman–Crippen LogP) is 0.673. The van der Waals surface area contributed by atoms with Crippen LogP contribution in [0.2, 0.25) is 3.67 Å². The molecular weight excluding hydrogens is 188 g/mol. The van der Waals surface area contributed by atoms with Crippen molar-refractivity contribution < 1.29 is 9.90 Å². The van der Waals surface area contributed by atoms with Gasteiger partial charge >= 0.3 is 63.8 Å². The number of carbonyl (C=O) groups is 1. The summed E-state index contributed by atoms with van der Waals surface area (Å²) in [4.78, 5) is 9.54. The molecule has 5 heteroatoms. The van der Waals surface area contributed by atoms with E-state index in [2.05, 4.69) is 12.2 Å². The van der Waals surface area contributed by atoms with Crippen LogP contribution in [-0.4, -0.2) is 82.2 Å². The number of rotatable bonds is 5. The second kappa shape index (κ2) is 19.1. The standard InChI is InChI=1S/C5H11.C3H7NO2.2Na/c1-3-5-4-2;1-4-2-3(5)6;;/h1,3-5H2,2H3;4H,2H2,1H3,(H,5,6);;. The second-order valence-corrected chi connectivity index (χ2v) is 3.63. The van der Waals surface area contributed by atoms with Crippen LogP contribution in [0, 0.1) is 0 Å². The van der Waals surface area contributed by atoms with E-state index in [1.165, 1.54) is 50.9 Å². The van der Waals surface area contributed by atoms with E-state index in [9.17, 15) is 4.79 Å². The minimum atomic E-state index is -0.822. The van der Waals surface area contributed by atoms with Gasteiger partial charge in [-0.1, -0.05) is 0 Å². The van der Waals surface area contributed by atoms with Crippen molar-refractivity contribution in [3.63, 3.8) is 0 Å². The summed E-state index contributed by atoms with van der Waals surface area (Å²) in [7, 11) is 1.59. The summed E-state index contributed by atoms with van der Waals surface area (Å²) in [5.74, 6) is -0.822. The summed E-state index contributed by atoms with van der Waals surface area (Å²) in [5.41, 5.74) is 0. The van der Waals surface area contributed by atoms with E-state index in [1.54, 1.807) is 7.05 Å². The van der Waals surface area contributed by atoms with Crippen LogP contribution in [0.25, 0.3) is 0 Å². The number of unbranched alkanes of at least 4 members (excludes halogenated alkanes) is 2. The van der Waals surface area contributed by atoms with Crippen molar-refractivity contribution in [1.29, 1.82) is 0 Å². The van der Waals surface area contributed by atoms with E-state index in [4.69, 9.17) is 5.11 Å². The quantitative estimate of drug-likeness (QED) is 0.513. The molecule has 0 aromatic rings. The van der Waals surface area contributed by atoms with Crippen LogP contribution >= 0.6 is 0 Å². The average Bonchev–Trinajstić information content (AvgIpc) is 2.02. The predicted molar refractivity (Wildman–Crippen MR) is 57.4 cm³/mol. The first kappa shape index (κ1) is 19.9. The molecule has 0 aromatic heterocycles. The molecule has 69 valence electrons. The molecule has 0 saturated carbocycles. The molecule has 2 N–H and O–H groups in total. The Morgan fingerprint density at radius 1 is 1.46 bits per heavy atom. The van der Waals surface area contributed by atoms with Crippen molar-refractivity contribution in [2.45, 2.75) is 29.9 Å². The van der Waals surface area contributed by atoms with Crippen molar-refractivity contribution in [2.75, 3.05) is 13.6 Å². The van der Waals surface area contributed by atoms with Gasteiger partial charge in [0.05, 0.1) is 6.54 Å². The van der Waals surface area contributed by atoms with Gasteiger partial charge in [-0.25, -0.2) is 0 Å². The maximum Gasteiger partial charge on any atom is 0.317 e. The molecule has 1 radical (unpaired) electrons. The van der Waals surface area contributed by atoms with Gasteiger partial charge in [-0.05, 0) is 7.05 Å². The van der Waals surface area contributed by atoms with Gasteiger partial charge in [0.2, 0.25) is 0 Å². The Balaban J connectivity index is -0.000000143. The molecule has 0 saturated heterocycles. The number of aliphatic carboxylic acids is 1. The average molecular weight is 206 g/mol. The number of hydrogen-bond donors (Lipinski definition) is 2. The zero-order valence-corrected chi connectivity index (χ0v) is 13.4. The molecule has 13 heavy (non-hydrogen) atoms. The van der Waals surface area contributed by atoms with Crippen molar-refractivity contribution in [3.8, 4) is 0 Å². The van der Waals surface area contributed by atoms with Crippen LogP contribution in [-0.2, 0) is 4.79 Å². The van der Waals surface area contributed by atoms with Crippen molar-refractivity contribution in [2.24, 2.45) is 0 Å². The second-order valence-electron chi connectivity index (χ2n) is 2.63. The third kappa shape index (κ3) is 31.8. The van der Waals surface area contributed by atoms with E-state index >= 15 is 0 Å². The first-order valence-electron chi connectivity index (χ1n) is 4.55. The zero-order valence-electron chi connectivity index (χ0n) is 9.39. The smallest absolute Gasteiger partial charge is 0.317 e. The molecule has 0 heterocycles. The summed E-state index contributed by atoms with van der Waals surface area (Å²) in [6, 6.07) is 0. The number of nitrogens with one attached hydrogen (secondary N) is 1. The fraction of sp³-hybridized carbons (Fsp3) is 0.875. The Hall–Kier alpha value is 1.43. The molecule has 0 aliphatic rings. The zero-order chi connectivity index (χ0) is 9.82. The van der Waals surface area contributed by atoms with E-state index in [1.807, 2.05) is 0 Å². The SMILES string of the molecule is CCCC[CH2][Na].CNCC(=O)O.[Na]. The number of carboxylic acid groups (broad SMARTS) is 1. The summed E-state index contributed by atoms with van der Waals surface area (Å²) in [6.45, 7) is 2.29. The third-order valence-electron chi connectivity index (χ3n) is 1.29. The molecule has 0 bridgehead atoms. The maximum absolute atomic E-state index is 9.54. The normalized spacial score (nSPS) is 8.00. The summed E-state index contributed by atoms with van der Waals surface area (Å²) >= 11 is 1.40. The molecule has 0 aliphatic heterocycles. The van der Waals surface area contributed by atoms with Crippen molar-refractivity contribution in [1.82, 2.24) is 5.32 Å². The molecule has 0 rings (SSSR count). The van der Waals surface area contributed by atoms with Crippen LogP contribution in [0.15, 0.2) is 0 Å². The topological polar surface area (TPSA) is 49.3 Å². The van der Waals surface area contributed by atoms with Gasteiger partial charge in [-0.15, -0.1) is 0 Å². The van der Waals surface area contributed by atoms with E-state index in [-0.39, 0.29) is 36.1 Å². The van der Waals surface area contributed by atoms with E-state index in [0.717, 1.165) is 0 Å². The van der Waals surface area contributed by atoms with E-state index < -0.39 is 5.97 Å². The fourth-order valence-corrected chi connectivity index (χ4v) is 1.15. The molecule has 0 spiro atoms. The van der Waals surface area contributed by atoms with E-state index in [0.29, 0.717) is 0 Å². The number of carboxylic acids is 1. The minimum Gasteiger partial charge on any atom is -0.480 e. The Kier molecular flexibility index (Phi) is 29.2. The molecule has 0 aromatic carbocycles. The van der Waals surface area contributed by atoms with Gasteiger partial charge < -0.3 is 10.4 Å². The molecule has 0 amide bonds. The van der Waals surface area contributed by atoms with Crippen LogP contribution in [0.1, 0.15) is 26.2 Å². The first-order chi connectivity index (χ1) is 5.68. The number of likely N-dealkylation sites (N-methyl/N-ethyl adjacent to an activating group) is 1. The molecule has 0 aliphatic carbocycles. The monoisotopic (exact) mass is 206 g/mol. The van der Waals surface area contributed by atoms with Crippen LogP contribution < -0.4 is 5.32 Å². The molecule has 0 fully saturated rings. The fourth-order valence-electron chi connectivity index (χ4n) is 0.651. The molecule has 0 unspecified atom stereocenters. The summed E-state index contributed by atoms with van der Waals surface area (Å²) < 4.78 is 1.49. The minimum absolute atomic E-state index is 0. The largest absolute Gasteiger partial charge is 0.480 e. The van der Waals surface area contributed by atoms with Gasteiger partial charge in [0.25, 0.3) is 0 Å². The van der Waals surface area contributed by atoms with Gasteiger partial charge in [-0.2, -0.15) is 0 Å². The van der Waals surface area contributed by atoms with Crippen LogP contribution in [0.3, 0.4) is 0 Å². The molecule has 0 atom stereocenters. The van der Waals surface area contributed by atoms with Gasteiger partial charge in [0.15, 0.2) is 0 Å². The Morgan fingerprint density at radius 3 is 2.08 bits per heavy atom. The van der Waals surface area contributed by atoms with Crippen LogP contribution in [0.4, 0.5) is 0 Å². The van der Waals surface area contributed by atoms with Crippen LogP contribution in [0.5, 0.6) is 0 Å². The van der Waals surface area contributed by atoms with Gasteiger partial charge in [0.1, 0.15) is 0 Å². The number of hydrogen-bond acceptors (Lipinski definition) is 2. The summed E-state index contributed by atoms with van der Waals surface area (Å²) in [5, 5.41) is 10.3. The van der Waals surface area contributed by atoms with Gasteiger partial charge in [0, 0.05) is 29.6 Å². The Labute approximate surface area is 121 Å². The van der Waals surface area contributed by atoms with Crippen molar-refractivity contribution >= 4 is 63.5 Å². The Bertz CT molecular complexity index is 98.1. The maximum atomic E-state index is 9.54. The first-order valence-corrected chi connectivity index (χ1v) is 5.96. The van der Waals surface area contributed by atoms with Crippen molar-refractivity contribution in [3.05, 3.63) is 0 Å². The summed E-state index contributed by atoms with van der Waals surface area (Å²) in [6.07, 6.45) is 4.30. The molecule has 3 nitrogen and oxygen atoms in total. The third-order valence-corrected chi connectivity index (χ3v) is 1.99.